The number of carbonyl (C=O) groups excluding carboxylic acids is 1. The van der Waals surface area contributed by atoms with E-state index in [4.69, 9.17) is 16.3 Å². The van der Waals surface area contributed by atoms with E-state index < -0.39 is 29.0 Å². The molecular weight excluding hydrogens is 445 g/mol. The second kappa shape index (κ2) is 9.34. The van der Waals surface area contributed by atoms with Crippen molar-refractivity contribution in [2.24, 2.45) is 0 Å². The zero-order chi connectivity index (χ0) is 22.5. The molecule has 3 rings (SSSR count). The summed E-state index contributed by atoms with van der Waals surface area (Å²) >= 11 is 5.93. The van der Waals surface area contributed by atoms with E-state index in [2.05, 4.69) is 15.2 Å². The number of nitro groups is 1. The van der Waals surface area contributed by atoms with Crippen molar-refractivity contribution in [2.45, 2.75) is 13.3 Å². The number of hydrogen-bond acceptors (Lipinski definition) is 6. The van der Waals surface area contributed by atoms with Gasteiger partial charge >= 0.3 is 6.61 Å². The fourth-order valence-electron chi connectivity index (χ4n) is 2.39. The Morgan fingerprint density at radius 3 is 2.68 bits per heavy atom. The van der Waals surface area contributed by atoms with Gasteiger partial charge in [0.05, 0.1) is 15.6 Å². The summed E-state index contributed by atoms with van der Waals surface area (Å²) in [4.78, 5) is 22.4. The molecule has 0 aliphatic carbocycles. The highest BCUT2D eigenvalue weighted by molar-refractivity contribution is 6.32. The van der Waals surface area contributed by atoms with Crippen LogP contribution in [0.15, 0.2) is 48.7 Å². The highest BCUT2D eigenvalue weighted by Gasteiger charge is 2.16. The molecule has 1 amide bonds. The first-order valence-electron chi connectivity index (χ1n) is 8.39. The van der Waals surface area contributed by atoms with Gasteiger partial charge < -0.3 is 14.8 Å². The zero-order valence-corrected chi connectivity index (χ0v) is 16.1. The molecule has 0 saturated heterocycles. The molecule has 0 aliphatic heterocycles. The lowest BCUT2D eigenvalue weighted by Crippen LogP contribution is -2.15. The number of anilines is 1. The number of non-ortho nitro benzene ring substituents is 1. The number of rotatable bonds is 8. The van der Waals surface area contributed by atoms with Gasteiger partial charge in [0, 0.05) is 24.4 Å². The van der Waals surface area contributed by atoms with Gasteiger partial charge in [-0.05, 0) is 24.3 Å². The Morgan fingerprint density at radius 1 is 1.23 bits per heavy atom. The number of amides is 1. The number of hydrogen-bond donors (Lipinski definition) is 1. The van der Waals surface area contributed by atoms with E-state index in [0.29, 0.717) is 6.07 Å². The average molecular weight is 457 g/mol. The average Bonchev–Trinajstić information content (AvgIpc) is 3.17. The summed E-state index contributed by atoms with van der Waals surface area (Å²) in [5.41, 5.74) is -0.465. The molecule has 0 spiro atoms. The molecule has 3 aromatic rings. The molecule has 0 saturated carbocycles. The topological polar surface area (TPSA) is 109 Å². The van der Waals surface area contributed by atoms with E-state index in [1.54, 1.807) is 0 Å². The number of halogens is 4. The molecule has 0 bridgehead atoms. The van der Waals surface area contributed by atoms with E-state index in [1.807, 2.05) is 0 Å². The molecule has 0 aliphatic rings. The maximum absolute atomic E-state index is 13.3. The molecule has 0 fully saturated rings. The van der Waals surface area contributed by atoms with Crippen molar-refractivity contribution in [2.75, 3.05) is 5.32 Å². The third-order valence-corrected chi connectivity index (χ3v) is 4.06. The summed E-state index contributed by atoms with van der Waals surface area (Å²) in [6, 6.07) is 7.73. The van der Waals surface area contributed by atoms with Gasteiger partial charge in [-0.2, -0.15) is 13.9 Å². The van der Waals surface area contributed by atoms with E-state index in [-0.39, 0.29) is 34.6 Å². The predicted molar refractivity (Wildman–Crippen MR) is 102 cm³/mol. The van der Waals surface area contributed by atoms with Gasteiger partial charge in [-0.15, -0.1) is 0 Å². The molecule has 9 nitrogen and oxygen atoms in total. The summed E-state index contributed by atoms with van der Waals surface area (Å²) in [5, 5.41) is 17.0. The van der Waals surface area contributed by atoms with E-state index >= 15 is 0 Å². The van der Waals surface area contributed by atoms with E-state index in [0.717, 1.165) is 18.2 Å². The monoisotopic (exact) mass is 456 g/mol. The minimum absolute atomic E-state index is 0.0159. The normalized spacial score (nSPS) is 10.7. The summed E-state index contributed by atoms with van der Waals surface area (Å²) in [6.45, 7) is -3.39. The molecular formula is C18H12ClF3N4O5. The lowest BCUT2D eigenvalue weighted by atomic mass is 10.2. The third kappa shape index (κ3) is 5.63. The van der Waals surface area contributed by atoms with Crippen LogP contribution < -0.4 is 14.8 Å². The van der Waals surface area contributed by atoms with Crippen LogP contribution in [0.4, 0.5) is 24.5 Å². The number of nitro benzene ring substituents is 1. The smallest absolute Gasteiger partial charge is 0.387 e. The fraction of sp³-hybridized carbons (Fsp3) is 0.111. The molecule has 31 heavy (non-hydrogen) atoms. The molecule has 13 heteroatoms. The number of nitrogens with one attached hydrogen (secondary N) is 1. The first kappa shape index (κ1) is 21.9. The number of alkyl halides is 2. The van der Waals surface area contributed by atoms with Gasteiger partial charge in [0.15, 0.2) is 18.2 Å². The van der Waals surface area contributed by atoms with Crippen LogP contribution in [-0.4, -0.2) is 27.2 Å². The highest BCUT2D eigenvalue weighted by atomic mass is 35.5. The number of carbonyl (C=O) groups is 1. The second-order valence-electron chi connectivity index (χ2n) is 5.86. The van der Waals surface area contributed by atoms with Crippen LogP contribution in [-0.2, 0) is 6.73 Å². The van der Waals surface area contributed by atoms with Gasteiger partial charge in [-0.25, -0.2) is 9.07 Å². The highest BCUT2D eigenvalue weighted by Crippen LogP contribution is 2.29. The van der Waals surface area contributed by atoms with Gasteiger partial charge in [-0.3, -0.25) is 14.9 Å². The van der Waals surface area contributed by atoms with Crippen LogP contribution in [0.5, 0.6) is 11.5 Å². The van der Waals surface area contributed by atoms with Gasteiger partial charge in [0.2, 0.25) is 0 Å². The molecule has 1 aromatic heterocycles. The van der Waals surface area contributed by atoms with Crippen LogP contribution >= 0.6 is 11.6 Å². The largest absolute Gasteiger partial charge is 0.470 e. The van der Waals surface area contributed by atoms with Crippen molar-refractivity contribution in [1.29, 1.82) is 0 Å². The Kier molecular flexibility index (Phi) is 6.60. The molecule has 162 valence electrons. The predicted octanol–water partition coefficient (Wildman–Crippen LogP) is 4.47. The van der Waals surface area contributed by atoms with Crippen LogP contribution in [0.25, 0.3) is 0 Å². The van der Waals surface area contributed by atoms with Crippen molar-refractivity contribution >= 4 is 28.9 Å². The van der Waals surface area contributed by atoms with Crippen molar-refractivity contribution in [1.82, 2.24) is 9.78 Å². The van der Waals surface area contributed by atoms with E-state index in [9.17, 15) is 28.1 Å². The van der Waals surface area contributed by atoms with Crippen LogP contribution in [0, 0.1) is 15.9 Å². The Morgan fingerprint density at radius 2 is 2.00 bits per heavy atom. The number of nitrogens with zero attached hydrogens (tertiary/aromatic N) is 3. The second-order valence-corrected chi connectivity index (χ2v) is 6.27. The zero-order valence-electron chi connectivity index (χ0n) is 15.3. The Balaban J connectivity index is 1.66. The summed E-state index contributed by atoms with van der Waals surface area (Å²) in [5.74, 6) is -1.97. The van der Waals surface area contributed by atoms with Crippen LogP contribution in [0.3, 0.4) is 0 Å². The van der Waals surface area contributed by atoms with Crippen molar-refractivity contribution in [3.05, 3.63) is 75.3 Å². The molecule has 0 radical (unpaired) electrons. The number of ether oxygens (including phenoxy) is 2. The standard InChI is InChI=1S/C18H12ClF3N4O5/c19-12-8-11(26(28)29)2-4-15(12)30-9-25-6-5-14(24-25)17(27)23-13-3-1-10(20)7-16(13)31-18(21)22/h1-8,18H,9H2,(H,23,27). The van der Waals surface area contributed by atoms with E-state index in [1.165, 1.54) is 29.1 Å². The summed E-state index contributed by atoms with van der Waals surface area (Å²) in [7, 11) is 0. The van der Waals surface area contributed by atoms with Gasteiger partial charge in [0.25, 0.3) is 11.6 Å². The minimum Gasteiger partial charge on any atom is -0.470 e. The molecule has 0 unspecified atom stereocenters. The Labute approximate surface area is 177 Å². The molecule has 1 heterocycles. The lowest BCUT2D eigenvalue weighted by Gasteiger charge is -2.11. The number of benzene rings is 2. The third-order valence-electron chi connectivity index (χ3n) is 3.76. The van der Waals surface area contributed by atoms with Crippen molar-refractivity contribution in [3.63, 3.8) is 0 Å². The van der Waals surface area contributed by atoms with Crippen LogP contribution in [0.2, 0.25) is 5.02 Å². The molecule has 1 N–H and O–H groups in total. The summed E-state index contributed by atoms with van der Waals surface area (Å²) in [6.07, 6.45) is 1.40. The van der Waals surface area contributed by atoms with Gasteiger partial charge in [-0.1, -0.05) is 11.6 Å². The van der Waals surface area contributed by atoms with Crippen molar-refractivity contribution < 1.29 is 32.4 Å². The lowest BCUT2D eigenvalue weighted by molar-refractivity contribution is -0.384. The fourth-order valence-corrected chi connectivity index (χ4v) is 2.62. The Bertz CT molecular complexity index is 1130. The number of aromatic nitrogens is 2. The minimum atomic E-state index is -3.21. The quantitative estimate of drug-likeness (QED) is 0.395. The van der Waals surface area contributed by atoms with Gasteiger partial charge in [0.1, 0.15) is 11.6 Å². The van der Waals surface area contributed by atoms with Crippen LogP contribution in [0.1, 0.15) is 10.5 Å². The molecule has 0 atom stereocenters. The summed E-state index contributed by atoms with van der Waals surface area (Å²) < 4.78 is 49.1. The van der Waals surface area contributed by atoms with Crippen molar-refractivity contribution in [3.8, 4) is 11.5 Å². The maximum Gasteiger partial charge on any atom is 0.387 e. The SMILES string of the molecule is O=C(Nc1ccc(F)cc1OC(F)F)c1ccn(COc2ccc([N+](=O)[O-])cc2Cl)n1. The Hall–Kier alpha value is -3.80. The first-order valence-corrected chi connectivity index (χ1v) is 8.76. The maximum atomic E-state index is 13.3. The first-order chi connectivity index (χ1) is 14.7. The molecule has 2 aromatic carbocycles.